The van der Waals surface area contributed by atoms with Crippen LogP contribution in [0.15, 0.2) is 47.4 Å². The quantitative estimate of drug-likeness (QED) is 0.675. The van der Waals surface area contributed by atoms with Crippen LogP contribution in [0.5, 0.6) is 0 Å². The van der Waals surface area contributed by atoms with Gasteiger partial charge in [0, 0.05) is 13.1 Å². The van der Waals surface area contributed by atoms with Crippen molar-refractivity contribution >= 4 is 42.6 Å². The summed E-state index contributed by atoms with van der Waals surface area (Å²) in [5, 5.41) is 2.83. The lowest BCUT2D eigenvalue weighted by atomic mass is 10.2. The molecule has 3 rings (SSSR count). The average Bonchev–Trinajstić information content (AvgIpc) is 3.04. The number of nitrogens with zero attached hydrogens (tertiary/aromatic N) is 2. The molecule has 27 heavy (non-hydrogen) atoms. The summed E-state index contributed by atoms with van der Waals surface area (Å²) in [4.78, 5) is 16.7. The van der Waals surface area contributed by atoms with Gasteiger partial charge in [0.25, 0.3) is 5.91 Å². The molecule has 6 nitrogen and oxygen atoms in total. The minimum atomic E-state index is -3.58. The van der Waals surface area contributed by atoms with E-state index >= 15 is 0 Å². The summed E-state index contributed by atoms with van der Waals surface area (Å²) < 4.78 is 41.0. The first-order valence-electron chi connectivity index (χ1n) is 8.33. The fraction of sp³-hybridized carbons (Fsp3) is 0.222. The number of carbonyl (C=O) groups excluding carboxylic acids is 1. The number of anilines is 1. The highest BCUT2D eigenvalue weighted by atomic mass is 32.2. The largest absolute Gasteiger partial charge is 0.298 e. The van der Waals surface area contributed by atoms with E-state index in [0.29, 0.717) is 23.3 Å². The zero-order valence-corrected chi connectivity index (χ0v) is 16.4. The monoisotopic (exact) mass is 407 g/mol. The smallest absolute Gasteiger partial charge is 0.260 e. The van der Waals surface area contributed by atoms with Crippen LogP contribution in [0, 0.1) is 5.82 Å². The molecule has 0 radical (unpaired) electrons. The number of hydrogen-bond donors (Lipinski definition) is 1. The van der Waals surface area contributed by atoms with Gasteiger partial charge < -0.3 is 0 Å². The predicted molar refractivity (Wildman–Crippen MR) is 104 cm³/mol. The lowest BCUT2D eigenvalue weighted by molar-refractivity contribution is 0.102. The summed E-state index contributed by atoms with van der Waals surface area (Å²) in [7, 11) is -3.58. The normalized spacial score (nSPS) is 11.9. The molecular formula is C18H18FN3O3S2. The second kappa shape index (κ2) is 7.71. The molecule has 2 aromatic carbocycles. The zero-order valence-electron chi connectivity index (χ0n) is 14.8. The van der Waals surface area contributed by atoms with Crippen molar-refractivity contribution in [3.63, 3.8) is 0 Å². The third-order valence-electron chi connectivity index (χ3n) is 4.04. The minimum absolute atomic E-state index is 0.0819. The number of nitrogens with one attached hydrogen (secondary N) is 1. The van der Waals surface area contributed by atoms with Crippen molar-refractivity contribution in [2.75, 3.05) is 18.4 Å². The third kappa shape index (κ3) is 3.85. The van der Waals surface area contributed by atoms with Crippen molar-refractivity contribution in [2.24, 2.45) is 0 Å². The summed E-state index contributed by atoms with van der Waals surface area (Å²) in [6, 6.07) is 10.3. The molecule has 0 spiro atoms. The highest BCUT2D eigenvalue weighted by Crippen LogP contribution is 2.29. The van der Waals surface area contributed by atoms with Gasteiger partial charge in [0.1, 0.15) is 5.82 Å². The van der Waals surface area contributed by atoms with Crippen molar-refractivity contribution in [3.05, 3.63) is 53.8 Å². The van der Waals surface area contributed by atoms with Crippen LogP contribution < -0.4 is 5.32 Å². The van der Waals surface area contributed by atoms with Crippen molar-refractivity contribution in [2.45, 2.75) is 18.7 Å². The highest BCUT2D eigenvalue weighted by molar-refractivity contribution is 7.89. The van der Waals surface area contributed by atoms with E-state index < -0.39 is 21.7 Å². The van der Waals surface area contributed by atoms with Gasteiger partial charge in [-0.1, -0.05) is 37.3 Å². The first-order chi connectivity index (χ1) is 12.9. The van der Waals surface area contributed by atoms with Gasteiger partial charge in [-0.25, -0.2) is 17.8 Å². The SMILES string of the molecule is CCN(CC)S(=O)(=O)c1ccc2nc(NC(=O)c3ccccc3F)sc2c1. The topological polar surface area (TPSA) is 79.4 Å². The molecule has 0 bridgehead atoms. The van der Waals surface area contributed by atoms with Crippen LogP contribution in [0.2, 0.25) is 0 Å². The molecule has 0 aliphatic heterocycles. The van der Waals surface area contributed by atoms with Crippen molar-refractivity contribution < 1.29 is 17.6 Å². The molecule has 1 aromatic heterocycles. The van der Waals surface area contributed by atoms with Gasteiger partial charge in [-0.3, -0.25) is 10.1 Å². The van der Waals surface area contributed by atoms with Gasteiger partial charge in [-0.2, -0.15) is 4.31 Å². The number of fused-ring (bicyclic) bond motifs is 1. The molecule has 1 heterocycles. The highest BCUT2D eigenvalue weighted by Gasteiger charge is 2.22. The number of halogens is 1. The molecule has 0 fully saturated rings. The number of rotatable bonds is 6. The molecule has 1 N–H and O–H groups in total. The fourth-order valence-electron chi connectivity index (χ4n) is 2.64. The minimum Gasteiger partial charge on any atom is -0.298 e. The number of amides is 1. The van der Waals surface area contributed by atoms with Gasteiger partial charge in [-0.05, 0) is 30.3 Å². The van der Waals surface area contributed by atoms with Crippen molar-refractivity contribution in [1.82, 2.24) is 9.29 Å². The molecule has 0 atom stereocenters. The second-order valence-electron chi connectivity index (χ2n) is 5.67. The predicted octanol–water partition coefficient (Wildman–Crippen LogP) is 3.72. The summed E-state index contributed by atoms with van der Waals surface area (Å²) in [6.45, 7) is 4.32. The van der Waals surface area contributed by atoms with E-state index in [1.807, 2.05) is 0 Å². The van der Waals surface area contributed by atoms with Crippen LogP contribution in [0.1, 0.15) is 24.2 Å². The number of hydrogen-bond acceptors (Lipinski definition) is 5. The van der Waals surface area contributed by atoms with Crippen molar-refractivity contribution in [3.8, 4) is 0 Å². The third-order valence-corrected chi connectivity index (χ3v) is 7.02. The number of thiazole rings is 1. The molecule has 1 amide bonds. The fourth-order valence-corrected chi connectivity index (χ4v) is 5.10. The summed E-state index contributed by atoms with van der Waals surface area (Å²) in [5.41, 5.74) is 0.476. The maximum atomic E-state index is 13.7. The number of aromatic nitrogens is 1. The van der Waals surface area contributed by atoms with Crippen LogP contribution >= 0.6 is 11.3 Å². The summed E-state index contributed by atoms with van der Waals surface area (Å²) in [5.74, 6) is -1.23. The molecule has 0 aliphatic rings. The van der Waals surface area contributed by atoms with Gasteiger partial charge >= 0.3 is 0 Å². The van der Waals surface area contributed by atoms with E-state index in [9.17, 15) is 17.6 Å². The Labute approximate surface area is 160 Å². The van der Waals surface area contributed by atoms with Gasteiger partial charge in [0.05, 0.1) is 20.7 Å². The second-order valence-corrected chi connectivity index (χ2v) is 8.64. The Morgan fingerprint density at radius 2 is 1.89 bits per heavy atom. The van der Waals surface area contributed by atoms with E-state index in [-0.39, 0.29) is 15.6 Å². The standard InChI is InChI=1S/C18H18FN3O3S2/c1-3-22(4-2)27(24,25)12-9-10-15-16(11-12)26-18(20-15)21-17(23)13-7-5-6-8-14(13)19/h5-11H,3-4H2,1-2H3,(H,20,21,23). The molecule has 142 valence electrons. The van der Waals surface area contributed by atoms with Gasteiger partial charge in [0.15, 0.2) is 5.13 Å². The van der Waals surface area contributed by atoms with E-state index in [4.69, 9.17) is 0 Å². The Morgan fingerprint density at radius 1 is 1.19 bits per heavy atom. The summed E-state index contributed by atoms with van der Waals surface area (Å²) in [6.07, 6.45) is 0. The van der Waals surface area contributed by atoms with Crippen LogP contribution in [0.3, 0.4) is 0 Å². The van der Waals surface area contributed by atoms with Crippen LogP contribution in [0.4, 0.5) is 9.52 Å². The van der Waals surface area contributed by atoms with E-state index in [1.54, 1.807) is 32.0 Å². The average molecular weight is 407 g/mol. The molecule has 3 aromatic rings. The van der Waals surface area contributed by atoms with Crippen LogP contribution in [0.25, 0.3) is 10.2 Å². The Balaban J connectivity index is 1.90. The molecule has 0 aliphatic carbocycles. The van der Waals surface area contributed by atoms with Crippen LogP contribution in [-0.4, -0.2) is 36.7 Å². The van der Waals surface area contributed by atoms with E-state index in [1.165, 1.54) is 28.6 Å². The maximum absolute atomic E-state index is 13.7. The van der Waals surface area contributed by atoms with E-state index in [0.717, 1.165) is 11.3 Å². The van der Waals surface area contributed by atoms with Crippen molar-refractivity contribution in [1.29, 1.82) is 0 Å². The molecule has 0 saturated heterocycles. The van der Waals surface area contributed by atoms with E-state index in [2.05, 4.69) is 10.3 Å². The lowest BCUT2D eigenvalue weighted by Crippen LogP contribution is -2.30. The first kappa shape index (κ1) is 19.4. The Hall–Kier alpha value is -2.36. The molecule has 0 saturated carbocycles. The molecule has 9 heteroatoms. The first-order valence-corrected chi connectivity index (χ1v) is 10.6. The number of benzene rings is 2. The van der Waals surface area contributed by atoms with Gasteiger partial charge in [-0.15, -0.1) is 0 Å². The number of sulfonamides is 1. The zero-order chi connectivity index (χ0) is 19.6. The summed E-state index contributed by atoms with van der Waals surface area (Å²) >= 11 is 1.13. The van der Waals surface area contributed by atoms with Gasteiger partial charge in [0.2, 0.25) is 10.0 Å². The Morgan fingerprint density at radius 3 is 2.56 bits per heavy atom. The van der Waals surface area contributed by atoms with Crippen LogP contribution in [-0.2, 0) is 10.0 Å². The number of carbonyl (C=O) groups is 1. The molecule has 0 unspecified atom stereocenters. The molecular weight excluding hydrogens is 389 g/mol. The Bertz CT molecular complexity index is 1090. The maximum Gasteiger partial charge on any atom is 0.260 e. The lowest BCUT2D eigenvalue weighted by Gasteiger charge is -2.18. The Kier molecular flexibility index (Phi) is 5.54.